The number of hydrogen-bond acceptors (Lipinski definition) is 5. The third-order valence-corrected chi connectivity index (χ3v) is 5.29. The normalized spacial score (nSPS) is 11.7. The SMILES string of the molecule is Cn1ccc2ccc(-c3cc(NC(=CC(=O)O)c4cccnc4)cc4nccnc34)cc21. The van der Waals surface area contributed by atoms with Gasteiger partial charge in [-0.15, -0.1) is 0 Å². The molecule has 156 valence electrons. The molecule has 0 aliphatic carbocycles. The minimum Gasteiger partial charge on any atom is -0.478 e. The van der Waals surface area contributed by atoms with Gasteiger partial charge >= 0.3 is 5.97 Å². The van der Waals surface area contributed by atoms with Crippen molar-refractivity contribution in [2.45, 2.75) is 0 Å². The Kier molecular flexibility index (Phi) is 4.84. The zero-order valence-corrected chi connectivity index (χ0v) is 17.2. The fourth-order valence-corrected chi connectivity index (χ4v) is 3.79. The van der Waals surface area contributed by atoms with Crippen molar-refractivity contribution in [2.24, 2.45) is 7.05 Å². The van der Waals surface area contributed by atoms with Crippen LogP contribution in [0.25, 0.3) is 38.8 Å². The Balaban J connectivity index is 1.66. The fraction of sp³-hybridized carbons (Fsp3) is 0.0400. The molecule has 7 heteroatoms. The predicted molar refractivity (Wildman–Crippen MR) is 125 cm³/mol. The number of carboxylic acids is 1. The van der Waals surface area contributed by atoms with Gasteiger partial charge in [0.1, 0.15) is 0 Å². The van der Waals surface area contributed by atoms with Gasteiger partial charge in [-0.1, -0.05) is 12.1 Å². The molecule has 3 aromatic heterocycles. The summed E-state index contributed by atoms with van der Waals surface area (Å²) in [5.74, 6) is -1.05. The van der Waals surface area contributed by atoms with Crippen LogP contribution in [-0.2, 0) is 11.8 Å². The number of aromatic nitrogens is 4. The van der Waals surface area contributed by atoms with E-state index in [1.165, 1.54) is 0 Å². The smallest absolute Gasteiger partial charge is 0.330 e. The first kappa shape index (κ1) is 19.4. The van der Waals surface area contributed by atoms with Gasteiger partial charge in [-0.3, -0.25) is 15.0 Å². The molecule has 2 N–H and O–H groups in total. The number of carboxylic acid groups (broad SMARTS) is 1. The van der Waals surface area contributed by atoms with Crippen LogP contribution < -0.4 is 5.32 Å². The summed E-state index contributed by atoms with van der Waals surface area (Å²) in [6, 6.07) is 15.7. The second kappa shape index (κ2) is 7.96. The summed E-state index contributed by atoms with van der Waals surface area (Å²) in [4.78, 5) is 24.6. The number of aliphatic carboxylic acids is 1. The number of carbonyl (C=O) groups is 1. The molecule has 0 fully saturated rings. The summed E-state index contributed by atoms with van der Waals surface area (Å²) >= 11 is 0. The van der Waals surface area contributed by atoms with Crippen molar-refractivity contribution < 1.29 is 9.90 Å². The lowest BCUT2D eigenvalue weighted by Crippen LogP contribution is -2.03. The molecule has 7 nitrogen and oxygen atoms in total. The summed E-state index contributed by atoms with van der Waals surface area (Å²) in [7, 11) is 2.01. The van der Waals surface area contributed by atoms with Crippen LogP contribution in [0, 0.1) is 0 Å². The first-order valence-corrected chi connectivity index (χ1v) is 10.0. The van der Waals surface area contributed by atoms with Gasteiger partial charge < -0.3 is 15.0 Å². The van der Waals surface area contributed by atoms with Crippen molar-refractivity contribution in [3.8, 4) is 11.1 Å². The van der Waals surface area contributed by atoms with Gasteiger partial charge in [-0.05, 0) is 47.3 Å². The summed E-state index contributed by atoms with van der Waals surface area (Å²) in [6.45, 7) is 0. The Hall–Kier alpha value is -4.52. The minimum absolute atomic E-state index is 0.428. The minimum atomic E-state index is -1.05. The maximum atomic E-state index is 11.4. The fourth-order valence-electron chi connectivity index (χ4n) is 3.79. The number of nitrogens with zero attached hydrogens (tertiary/aromatic N) is 4. The number of benzene rings is 2. The molecular weight excluding hydrogens is 402 g/mol. The second-order valence-corrected chi connectivity index (χ2v) is 7.41. The number of hydrogen-bond donors (Lipinski definition) is 2. The molecule has 0 unspecified atom stereocenters. The van der Waals surface area contributed by atoms with E-state index in [4.69, 9.17) is 0 Å². The summed E-state index contributed by atoms with van der Waals surface area (Å²) in [6.07, 6.45) is 9.74. The Morgan fingerprint density at radius 1 is 1.06 bits per heavy atom. The molecular formula is C25H19N5O2. The van der Waals surface area contributed by atoms with Crippen molar-refractivity contribution in [3.63, 3.8) is 0 Å². The van der Waals surface area contributed by atoms with Crippen molar-refractivity contribution in [1.29, 1.82) is 0 Å². The third-order valence-electron chi connectivity index (χ3n) is 5.29. The number of rotatable bonds is 5. The highest BCUT2D eigenvalue weighted by atomic mass is 16.4. The largest absolute Gasteiger partial charge is 0.478 e. The molecule has 0 saturated heterocycles. The topological polar surface area (TPSA) is 92.9 Å². The molecule has 5 aromatic rings. The van der Waals surface area contributed by atoms with E-state index in [0.29, 0.717) is 22.5 Å². The highest BCUT2D eigenvalue weighted by Gasteiger charge is 2.12. The Bertz CT molecular complexity index is 1490. The van der Waals surface area contributed by atoms with Crippen LogP contribution in [0.1, 0.15) is 5.56 Å². The van der Waals surface area contributed by atoms with Crippen molar-refractivity contribution in [2.75, 3.05) is 5.32 Å². The molecule has 0 radical (unpaired) electrons. The molecule has 0 aliphatic rings. The Morgan fingerprint density at radius 3 is 2.75 bits per heavy atom. The molecule has 32 heavy (non-hydrogen) atoms. The van der Waals surface area contributed by atoms with Crippen LogP contribution in [0.15, 0.2) is 85.6 Å². The number of nitrogens with one attached hydrogen (secondary N) is 1. The number of anilines is 1. The van der Waals surface area contributed by atoms with E-state index in [1.807, 2.05) is 25.4 Å². The maximum absolute atomic E-state index is 11.4. The van der Waals surface area contributed by atoms with Gasteiger partial charge in [0.15, 0.2) is 0 Å². The lowest BCUT2D eigenvalue weighted by atomic mass is 10.0. The quantitative estimate of drug-likeness (QED) is 0.399. The molecule has 0 atom stereocenters. The highest BCUT2D eigenvalue weighted by Crippen LogP contribution is 2.33. The molecule has 0 amide bonds. The summed E-state index contributed by atoms with van der Waals surface area (Å²) in [5.41, 5.74) is 6.30. The highest BCUT2D eigenvalue weighted by molar-refractivity contribution is 5.99. The van der Waals surface area contributed by atoms with Gasteiger partial charge in [-0.2, -0.15) is 0 Å². The molecule has 3 heterocycles. The second-order valence-electron chi connectivity index (χ2n) is 7.41. The van der Waals surface area contributed by atoms with Gasteiger partial charge in [0.25, 0.3) is 0 Å². The van der Waals surface area contributed by atoms with Crippen molar-refractivity contribution >= 4 is 39.3 Å². The van der Waals surface area contributed by atoms with E-state index < -0.39 is 5.97 Å². The van der Waals surface area contributed by atoms with Crippen LogP contribution in [0.4, 0.5) is 5.69 Å². The number of aryl methyl sites for hydroxylation is 1. The molecule has 2 aromatic carbocycles. The van der Waals surface area contributed by atoms with Crippen LogP contribution in [0.5, 0.6) is 0 Å². The summed E-state index contributed by atoms with van der Waals surface area (Å²) in [5, 5.41) is 13.8. The van der Waals surface area contributed by atoms with Crippen LogP contribution in [0.2, 0.25) is 0 Å². The van der Waals surface area contributed by atoms with Gasteiger partial charge in [0.05, 0.1) is 16.7 Å². The van der Waals surface area contributed by atoms with E-state index in [-0.39, 0.29) is 0 Å². The van der Waals surface area contributed by atoms with Crippen molar-refractivity contribution in [1.82, 2.24) is 19.5 Å². The van der Waals surface area contributed by atoms with Gasteiger partial charge in [-0.25, -0.2) is 4.79 Å². The van der Waals surface area contributed by atoms with E-state index in [0.717, 1.165) is 33.6 Å². The zero-order valence-electron chi connectivity index (χ0n) is 17.2. The first-order chi connectivity index (χ1) is 15.6. The summed E-state index contributed by atoms with van der Waals surface area (Å²) < 4.78 is 2.07. The number of pyridine rings is 1. The Morgan fingerprint density at radius 2 is 1.94 bits per heavy atom. The van der Waals surface area contributed by atoms with Crippen LogP contribution in [-0.4, -0.2) is 30.6 Å². The Labute approximate surface area is 183 Å². The average Bonchev–Trinajstić information content (AvgIpc) is 3.18. The van der Waals surface area contributed by atoms with Gasteiger partial charge in [0.2, 0.25) is 0 Å². The monoisotopic (exact) mass is 421 g/mol. The van der Waals surface area contributed by atoms with E-state index in [9.17, 15) is 9.90 Å². The lowest BCUT2D eigenvalue weighted by Gasteiger charge is -2.14. The zero-order chi connectivity index (χ0) is 22.1. The molecule has 0 aliphatic heterocycles. The molecule has 0 saturated carbocycles. The average molecular weight is 421 g/mol. The van der Waals surface area contributed by atoms with E-state index in [2.05, 4.69) is 49.1 Å². The molecule has 5 rings (SSSR count). The van der Waals surface area contributed by atoms with Crippen molar-refractivity contribution in [3.05, 3.63) is 91.2 Å². The predicted octanol–water partition coefficient (Wildman–Crippen LogP) is 4.72. The van der Waals surface area contributed by atoms with Crippen LogP contribution >= 0.6 is 0 Å². The first-order valence-electron chi connectivity index (χ1n) is 10.0. The van der Waals surface area contributed by atoms with E-state index >= 15 is 0 Å². The molecule has 0 bridgehead atoms. The van der Waals surface area contributed by atoms with E-state index in [1.54, 1.807) is 36.9 Å². The van der Waals surface area contributed by atoms with Gasteiger partial charge in [0, 0.05) is 66.4 Å². The van der Waals surface area contributed by atoms with Crippen LogP contribution in [0.3, 0.4) is 0 Å². The lowest BCUT2D eigenvalue weighted by molar-refractivity contribution is -0.131. The standard InChI is InChI=1S/C25H19N5O2/c1-30-10-6-16-4-5-17(11-23(16)30)20-12-19(13-22-25(20)28-9-8-27-22)29-21(14-24(31)32)18-3-2-7-26-15-18/h2-15,29H,1H3,(H,31,32). The third kappa shape index (κ3) is 3.67. The number of fused-ring (bicyclic) bond motifs is 2. The maximum Gasteiger partial charge on any atom is 0.330 e. The molecule has 0 spiro atoms.